The van der Waals surface area contributed by atoms with Crippen molar-refractivity contribution in [3.05, 3.63) is 0 Å². The van der Waals surface area contributed by atoms with Gasteiger partial charge in [0.05, 0.1) is 0 Å². The molecule has 5 heteroatoms. The van der Waals surface area contributed by atoms with Gasteiger partial charge in [0.2, 0.25) is 0 Å². The molecule has 0 aromatic heterocycles. The molecule has 0 aliphatic rings. The summed E-state index contributed by atoms with van der Waals surface area (Å²) in [5, 5.41) is 0. The molecule has 0 N–H and O–H groups in total. The Morgan fingerprint density at radius 1 is 1.20 bits per heavy atom. The van der Waals surface area contributed by atoms with Crippen LogP contribution in [0, 0.1) is 0 Å². The average Bonchev–Trinajstić information content (AvgIpc) is 0.722. The molecule has 0 aromatic carbocycles. The van der Waals surface area contributed by atoms with E-state index in [0.29, 0.717) is 20.0 Å². The molecule has 0 amide bonds. The van der Waals surface area contributed by atoms with Gasteiger partial charge in [0.25, 0.3) is 0 Å². The van der Waals surface area contributed by atoms with Crippen LogP contribution in [0.15, 0.2) is 0 Å². The molecule has 0 unspecified atom stereocenters. The zero-order valence-corrected chi connectivity index (χ0v) is 5.51. The summed E-state index contributed by atoms with van der Waals surface area (Å²) >= 11 is -4.86. The van der Waals surface area contributed by atoms with Crippen molar-refractivity contribution >= 4 is 20.0 Å². The van der Waals surface area contributed by atoms with E-state index in [4.69, 9.17) is 0 Å². The third-order valence-electron chi connectivity index (χ3n) is 0. The van der Waals surface area contributed by atoms with Crippen LogP contribution in [-0.4, -0.2) is 0 Å². The van der Waals surface area contributed by atoms with Gasteiger partial charge >= 0.3 is 42.3 Å². The molecule has 0 bridgehead atoms. The monoisotopic (exact) mass is 235 g/mol. The molecule has 0 fully saturated rings. The molecule has 0 saturated carbocycles. The first-order valence-corrected chi connectivity index (χ1v) is 6.77. The topological polar surface area (TPSA) is 0 Å². The number of rotatable bonds is 0. The Labute approximate surface area is 42.3 Å². The quantitative estimate of drug-likeness (QED) is 0.564. The first-order valence-electron chi connectivity index (χ1n) is 0.676. The first kappa shape index (κ1) is 6.10. The molecule has 33 valence electrons. The van der Waals surface area contributed by atoms with E-state index in [1.807, 2.05) is 0 Å². The summed E-state index contributed by atoms with van der Waals surface area (Å²) in [4.78, 5) is 0. The van der Waals surface area contributed by atoms with Gasteiger partial charge in [0.1, 0.15) is 0 Å². The zero-order valence-electron chi connectivity index (χ0n) is 1.96. The van der Waals surface area contributed by atoms with Crippen LogP contribution in [0.4, 0.5) is 10.2 Å². The zero-order chi connectivity index (χ0) is 4.50. The summed E-state index contributed by atoms with van der Waals surface area (Å²) in [6.07, 6.45) is 0. The normalized spacial score (nSPS) is 12.0. The molecule has 0 atom stereocenters. The van der Waals surface area contributed by atoms with Crippen molar-refractivity contribution in [2.45, 2.75) is 0 Å². The minimum atomic E-state index is -5.40. The molecule has 0 nitrogen and oxygen atoms in total. The van der Waals surface area contributed by atoms with Gasteiger partial charge in [0, 0.05) is 0 Å². The van der Waals surface area contributed by atoms with Crippen molar-refractivity contribution in [1.82, 2.24) is 0 Å². The molecular weight excluding hydrogens is 235 g/mol. The molecule has 5 heavy (non-hydrogen) atoms. The summed E-state index contributed by atoms with van der Waals surface area (Å²) in [6.45, 7) is 0. The molecule has 0 aliphatic carbocycles. The van der Waals surface area contributed by atoms with Gasteiger partial charge in [-0.1, -0.05) is 0 Å². The van der Waals surface area contributed by atoms with Crippen LogP contribution in [0.5, 0.6) is 0 Å². The molecular formula is F3IV. The molecule has 0 spiro atoms. The van der Waals surface area contributed by atoms with E-state index < -0.39 is 12.1 Å². The predicted octanol–water partition coefficient (Wildman–Crippen LogP) is 2.14. The third-order valence-corrected chi connectivity index (χ3v) is 0. The number of halogens is 4. The summed E-state index contributed by atoms with van der Waals surface area (Å²) < 4.78 is 31.5. The van der Waals surface area contributed by atoms with Gasteiger partial charge in [-0.3, -0.25) is 0 Å². The summed E-state index contributed by atoms with van der Waals surface area (Å²) in [6, 6.07) is 0. The summed E-state index contributed by atoms with van der Waals surface area (Å²) in [5.74, 6) is 0. The van der Waals surface area contributed by atoms with Crippen molar-refractivity contribution in [2.75, 3.05) is 0 Å². The maximum absolute atomic E-state index is 10.5. The van der Waals surface area contributed by atoms with Crippen LogP contribution >= 0.6 is 20.0 Å². The molecule has 0 heterocycles. The Morgan fingerprint density at radius 3 is 1.20 bits per heavy atom. The van der Waals surface area contributed by atoms with Gasteiger partial charge in [-0.2, -0.15) is 0 Å². The minimum absolute atomic E-state index is 0.549. The fourth-order valence-electron chi connectivity index (χ4n) is 0. The van der Waals surface area contributed by atoms with Crippen LogP contribution < -0.4 is 0 Å². The van der Waals surface area contributed by atoms with Crippen LogP contribution in [0.1, 0.15) is 0 Å². The van der Waals surface area contributed by atoms with E-state index in [1.54, 1.807) is 0 Å². The van der Waals surface area contributed by atoms with Crippen LogP contribution in [-0.2, 0) is 12.1 Å². The van der Waals surface area contributed by atoms with Gasteiger partial charge in [-0.25, -0.2) is 0 Å². The Kier molecular flexibility index (Phi) is 2.08. The Balaban J connectivity index is 3.02. The van der Waals surface area contributed by atoms with Crippen LogP contribution in [0.3, 0.4) is 0 Å². The van der Waals surface area contributed by atoms with Crippen LogP contribution in [0.2, 0.25) is 0 Å². The van der Waals surface area contributed by atoms with Crippen molar-refractivity contribution in [3.63, 3.8) is 0 Å². The Hall–Kier alpha value is 1.10. The van der Waals surface area contributed by atoms with E-state index in [0.717, 1.165) is 0 Å². The van der Waals surface area contributed by atoms with E-state index in [-0.39, 0.29) is 0 Å². The van der Waals surface area contributed by atoms with Crippen molar-refractivity contribution in [2.24, 2.45) is 0 Å². The average molecular weight is 235 g/mol. The molecule has 0 radical (unpaired) electrons. The third kappa shape index (κ3) is 40.3. The van der Waals surface area contributed by atoms with Gasteiger partial charge in [0.15, 0.2) is 0 Å². The SMILES string of the molecule is [F][V]([F])([F])[I]. The van der Waals surface area contributed by atoms with Crippen molar-refractivity contribution < 1.29 is 22.3 Å². The Bertz CT molecular complexity index is 22.4. The Morgan fingerprint density at radius 2 is 1.20 bits per heavy atom. The van der Waals surface area contributed by atoms with Gasteiger partial charge < -0.3 is 0 Å². The maximum atomic E-state index is 10.5. The molecule has 0 rings (SSSR count). The molecule has 0 saturated heterocycles. The summed E-state index contributed by atoms with van der Waals surface area (Å²) in [7, 11) is 0. The van der Waals surface area contributed by atoms with E-state index in [9.17, 15) is 10.2 Å². The van der Waals surface area contributed by atoms with E-state index in [2.05, 4.69) is 0 Å². The predicted molar refractivity (Wildman–Crippen MR) is 17.3 cm³/mol. The standard InChI is InChI=1S/3FH.HI.V/h4*1H;/q;;;;+4/p-4. The second-order valence-electron chi connectivity index (χ2n) is 0.383. The molecule has 0 aliphatic heterocycles. The van der Waals surface area contributed by atoms with Crippen molar-refractivity contribution in [1.29, 1.82) is 0 Å². The second kappa shape index (κ2) is 1.70. The van der Waals surface area contributed by atoms with Gasteiger partial charge in [-0.05, 0) is 0 Å². The summed E-state index contributed by atoms with van der Waals surface area (Å²) in [5.41, 5.74) is 0. The fraction of sp³-hybridized carbons (Fsp3) is 0. The number of hydrogen-bond acceptors (Lipinski definition) is 0. The number of hydrogen-bond donors (Lipinski definition) is 0. The van der Waals surface area contributed by atoms with Gasteiger partial charge in [-0.15, -0.1) is 0 Å². The van der Waals surface area contributed by atoms with E-state index >= 15 is 0 Å². The fourth-order valence-corrected chi connectivity index (χ4v) is 0. The molecule has 0 aromatic rings. The second-order valence-corrected chi connectivity index (χ2v) is 6.09. The van der Waals surface area contributed by atoms with Crippen molar-refractivity contribution in [3.8, 4) is 0 Å². The first-order chi connectivity index (χ1) is 2.00. The van der Waals surface area contributed by atoms with E-state index in [1.165, 1.54) is 0 Å². The van der Waals surface area contributed by atoms with Crippen LogP contribution in [0.25, 0.3) is 0 Å².